The zero-order chi connectivity index (χ0) is 15.8. The summed E-state index contributed by atoms with van der Waals surface area (Å²) in [4.78, 5) is 27.0. The fourth-order valence-corrected chi connectivity index (χ4v) is 2.57. The van der Waals surface area contributed by atoms with Crippen LogP contribution in [0.1, 0.15) is 5.82 Å². The van der Waals surface area contributed by atoms with Crippen molar-refractivity contribution in [2.24, 2.45) is 0 Å². The van der Waals surface area contributed by atoms with Crippen molar-refractivity contribution in [2.45, 2.75) is 0 Å². The Balaban J connectivity index is 1.70. The lowest BCUT2D eigenvalue weighted by Crippen LogP contribution is -2.20. The maximum absolute atomic E-state index is 12.1. The minimum Gasteiger partial charge on any atom is -0.324 e. The number of anilines is 1. The van der Waals surface area contributed by atoms with Crippen LogP contribution in [-0.4, -0.2) is 24.9 Å². The first-order valence-electron chi connectivity index (χ1n) is 6.96. The molecule has 0 amide bonds. The van der Waals surface area contributed by atoms with E-state index in [9.17, 15) is 4.79 Å². The lowest BCUT2D eigenvalue weighted by molar-refractivity contribution is 1.14. The van der Waals surface area contributed by atoms with Crippen molar-refractivity contribution in [3.05, 3.63) is 64.7 Å². The Morgan fingerprint density at radius 3 is 2.52 bits per heavy atom. The molecule has 0 saturated carbocycles. The highest BCUT2D eigenvalue weighted by atomic mass is 32.1. The highest BCUT2D eigenvalue weighted by molar-refractivity contribution is 7.81. The van der Waals surface area contributed by atoms with Gasteiger partial charge in [0.25, 0.3) is 5.56 Å². The SMILES string of the molecule is O=c1[nH]c(C(=S)Nc2nc3ccccc3[nH]2)nc2ccccc12. The summed E-state index contributed by atoms with van der Waals surface area (Å²) in [6.07, 6.45) is 0. The summed E-state index contributed by atoms with van der Waals surface area (Å²) < 4.78 is 0. The molecule has 3 N–H and O–H groups in total. The molecular weight excluding hydrogens is 310 g/mol. The Kier molecular flexibility index (Phi) is 3.13. The van der Waals surface area contributed by atoms with Gasteiger partial charge in [-0.15, -0.1) is 0 Å². The number of H-pyrrole nitrogens is 2. The highest BCUT2D eigenvalue weighted by Crippen LogP contribution is 2.14. The molecule has 2 aromatic heterocycles. The highest BCUT2D eigenvalue weighted by Gasteiger charge is 2.10. The molecule has 6 nitrogen and oxygen atoms in total. The van der Waals surface area contributed by atoms with Crippen LogP contribution in [-0.2, 0) is 0 Å². The number of para-hydroxylation sites is 3. The van der Waals surface area contributed by atoms with Gasteiger partial charge in [0.1, 0.15) is 4.99 Å². The summed E-state index contributed by atoms with van der Waals surface area (Å²) >= 11 is 5.33. The van der Waals surface area contributed by atoms with Crippen molar-refractivity contribution < 1.29 is 0 Å². The molecule has 2 heterocycles. The summed E-state index contributed by atoms with van der Waals surface area (Å²) in [5, 5.41) is 3.50. The zero-order valence-corrected chi connectivity index (χ0v) is 12.6. The van der Waals surface area contributed by atoms with E-state index < -0.39 is 0 Å². The van der Waals surface area contributed by atoms with Gasteiger partial charge in [0, 0.05) is 0 Å². The summed E-state index contributed by atoms with van der Waals surface area (Å²) in [5.74, 6) is 0.816. The molecule has 0 aliphatic heterocycles. The second-order valence-corrected chi connectivity index (χ2v) is 5.40. The van der Waals surface area contributed by atoms with Gasteiger partial charge in [-0.05, 0) is 24.3 Å². The van der Waals surface area contributed by atoms with Crippen LogP contribution in [0.25, 0.3) is 21.9 Å². The number of hydrogen-bond acceptors (Lipinski definition) is 4. The number of imidazole rings is 1. The fraction of sp³-hybridized carbons (Fsp3) is 0. The van der Waals surface area contributed by atoms with Crippen LogP contribution in [0, 0.1) is 0 Å². The molecule has 23 heavy (non-hydrogen) atoms. The van der Waals surface area contributed by atoms with Gasteiger partial charge in [0.15, 0.2) is 5.82 Å². The molecule has 0 saturated heterocycles. The monoisotopic (exact) mass is 321 g/mol. The summed E-state index contributed by atoms with van der Waals surface area (Å²) in [6.45, 7) is 0. The Hall–Kier alpha value is -3.06. The van der Waals surface area contributed by atoms with Crippen LogP contribution in [0.4, 0.5) is 5.95 Å². The smallest absolute Gasteiger partial charge is 0.259 e. The summed E-state index contributed by atoms with van der Waals surface area (Å²) in [6, 6.07) is 14.8. The average molecular weight is 321 g/mol. The normalized spacial score (nSPS) is 11.0. The first-order valence-corrected chi connectivity index (χ1v) is 7.37. The van der Waals surface area contributed by atoms with Crippen molar-refractivity contribution in [3.8, 4) is 0 Å². The number of hydrogen-bond donors (Lipinski definition) is 3. The van der Waals surface area contributed by atoms with Crippen LogP contribution in [0.5, 0.6) is 0 Å². The van der Waals surface area contributed by atoms with Gasteiger partial charge in [-0.25, -0.2) is 9.97 Å². The van der Waals surface area contributed by atoms with Gasteiger partial charge in [-0.1, -0.05) is 36.5 Å². The number of fused-ring (bicyclic) bond motifs is 2. The topological polar surface area (TPSA) is 86.5 Å². The van der Waals surface area contributed by atoms with E-state index >= 15 is 0 Å². The molecule has 0 aliphatic rings. The standard InChI is InChI=1S/C16H11N5OS/c22-14-9-5-1-2-6-10(9)17-13(20-14)15(23)21-16-18-11-7-3-4-8-12(11)19-16/h1-8H,(H,17,20,22)(H2,18,19,21,23). The molecule has 112 valence electrons. The van der Waals surface area contributed by atoms with E-state index in [2.05, 4.69) is 25.3 Å². The van der Waals surface area contributed by atoms with Gasteiger partial charge in [0.2, 0.25) is 5.95 Å². The number of aromatic amines is 2. The second-order valence-electron chi connectivity index (χ2n) is 4.99. The molecule has 7 heteroatoms. The minimum absolute atomic E-state index is 0.223. The Bertz CT molecular complexity index is 1070. The molecular formula is C16H11N5OS. The van der Waals surface area contributed by atoms with E-state index in [1.807, 2.05) is 30.3 Å². The molecule has 0 fully saturated rings. The number of thiocarbonyl (C=S) groups is 1. The first-order chi connectivity index (χ1) is 11.2. The predicted molar refractivity (Wildman–Crippen MR) is 93.8 cm³/mol. The van der Waals surface area contributed by atoms with E-state index in [1.165, 1.54) is 0 Å². The quantitative estimate of drug-likeness (QED) is 0.494. The van der Waals surface area contributed by atoms with Gasteiger partial charge in [0.05, 0.1) is 21.9 Å². The number of nitrogens with zero attached hydrogens (tertiary/aromatic N) is 2. The molecule has 4 rings (SSSR count). The predicted octanol–water partition coefficient (Wildman–Crippen LogP) is 2.59. The summed E-state index contributed by atoms with van der Waals surface area (Å²) in [7, 11) is 0. The number of rotatable bonds is 2. The van der Waals surface area contributed by atoms with Gasteiger partial charge in [-0.2, -0.15) is 0 Å². The molecule has 0 aliphatic carbocycles. The number of aromatic nitrogens is 4. The molecule has 4 aromatic rings. The number of nitrogens with one attached hydrogen (secondary N) is 3. The van der Waals surface area contributed by atoms with Crippen molar-refractivity contribution in [1.29, 1.82) is 0 Å². The molecule has 0 bridgehead atoms. The molecule has 0 unspecified atom stereocenters. The molecule has 0 radical (unpaired) electrons. The minimum atomic E-state index is -0.223. The van der Waals surface area contributed by atoms with E-state index in [0.29, 0.717) is 27.7 Å². The van der Waals surface area contributed by atoms with Gasteiger partial charge >= 0.3 is 0 Å². The lowest BCUT2D eigenvalue weighted by atomic mass is 10.2. The molecule has 0 atom stereocenters. The van der Waals surface area contributed by atoms with Gasteiger partial charge in [-0.3, -0.25) is 4.79 Å². The van der Waals surface area contributed by atoms with Crippen molar-refractivity contribution in [3.63, 3.8) is 0 Å². The van der Waals surface area contributed by atoms with E-state index in [-0.39, 0.29) is 5.56 Å². The third kappa shape index (κ3) is 2.47. The van der Waals surface area contributed by atoms with Gasteiger partial charge < -0.3 is 15.3 Å². The van der Waals surface area contributed by atoms with Crippen LogP contribution < -0.4 is 10.9 Å². The lowest BCUT2D eigenvalue weighted by Gasteiger charge is -2.05. The first kappa shape index (κ1) is 13.6. The van der Waals surface area contributed by atoms with Crippen molar-refractivity contribution in [2.75, 3.05) is 5.32 Å². The van der Waals surface area contributed by atoms with Crippen LogP contribution in [0.3, 0.4) is 0 Å². The maximum atomic E-state index is 12.1. The van der Waals surface area contributed by atoms with Crippen molar-refractivity contribution >= 4 is 45.1 Å². The Morgan fingerprint density at radius 2 is 1.70 bits per heavy atom. The van der Waals surface area contributed by atoms with Crippen LogP contribution in [0.15, 0.2) is 53.3 Å². The van der Waals surface area contributed by atoms with E-state index in [4.69, 9.17) is 12.2 Å². The van der Waals surface area contributed by atoms with E-state index in [1.54, 1.807) is 18.2 Å². The van der Waals surface area contributed by atoms with Crippen LogP contribution >= 0.6 is 12.2 Å². The van der Waals surface area contributed by atoms with Crippen LogP contribution in [0.2, 0.25) is 0 Å². The summed E-state index contributed by atoms with van der Waals surface area (Å²) in [5.41, 5.74) is 2.11. The van der Waals surface area contributed by atoms with Crippen molar-refractivity contribution in [1.82, 2.24) is 19.9 Å². The second kappa shape index (κ2) is 5.29. The third-order valence-electron chi connectivity index (χ3n) is 3.45. The Labute approximate surface area is 135 Å². The largest absolute Gasteiger partial charge is 0.324 e. The van der Waals surface area contributed by atoms with E-state index in [0.717, 1.165) is 11.0 Å². The maximum Gasteiger partial charge on any atom is 0.259 e. The molecule has 0 spiro atoms. The Morgan fingerprint density at radius 1 is 0.957 bits per heavy atom. The zero-order valence-electron chi connectivity index (χ0n) is 11.8. The fourth-order valence-electron chi connectivity index (χ4n) is 2.37. The number of benzene rings is 2. The third-order valence-corrected chi connectivity index (χ3v) is 3.74. The molecule has 2 aromatic carbocycles. The average Bonchev–Trinajstić information content (AvgIpc) is 2.97.